The van der Waals surface area contributed by atoms with E-state index in [1.54, 1.807) is 0 Å². The number of fused-ring (bicyclic) bond motifs is 5. The Labute approximate surface area is 142 Å². The SMILES string of the molecule is OC1(c2ccc3c(c2)Cc2ccccc2-3)CC2CCCC(C1)S2. The van der Waals surface area contributed by atoms with Gasteiger partial charge < -0.3 is 5.11 Å². The zero-order valence-electron chi connectivity index (χ0n) is 13.3. The van der Waals surface area contributed by atoms with Gasteiger partial charge in [0.1, 0.15) is 0 Å². The van der Waals surface area contributed by atoms with Crippen molar-refractivity contribution in [3.63, 3.8) is 0 Å². The summed E-state index contributed by atoms with van der Waals surface area (Å²) in [7, 11) is 0. The van der Waals surface area contributed by atoms with Crippen LogP contribution in [0, 0.1) is 0 Å². The van der Waals surface area contributed by atoms with Gasteiger partial charge >= 0.3 is 0 Å². The van der Waals surface area contributed by atoms with Gasteiger partial charge in [-0.05, 0) is 59.9 Å². The topological polar surface area (TPSA) is 20.2 Å². The van der Waals surface area contributed by atoms with Crippen molar-refractivity contribution in [1.82, 2.24) is 0 Å². The van der Waals surface area contributed by atoms with Crippen LogP contribution < -0.4 is 0 Å². The molecule has 0 spiro atoms. The molecule has 2 bridgehead atoms. The Morgan fingerprint density at radius 2 is 1.65 bits per heavy atom. The molecule has 2 saturated heterocycles. The number of aliphatic hydroxyl groups is 1. The molecule has 1 N–H and O–H groups in total. The average molecular weight is 322 g/mol. The summed E-state index contributed by atoms with van der Waals surface area (Å²) in [6.45, 7) is 0. The van der Waals surface area contributed by atoms with Gasteiger partial charge in [0.05, 0.1) is 5.60 Å². The van der Waals surface area contributed by atoms with Crippen molar-refractivity contribution in [2.45, 2.75) is 54.6 Å². The van der Waals surface area contributed by atoms with Gasteiger partial charge in [-0.3, -0.25) is 0 Å². The molecule has 2 heteroatoms. The molecule has 2 aromatic rings. The third-order valence-electron chi connectivity index (χ3n) is 5.90. The molecule has 2 fully saturated rings. The van der Waals surface area contributed by atoms with Gasteiger partial charge in [0, 0.05) is 10.5 Å². The van der Waals surface area contributed by atoms with Crippen LogP contribution in [0.25, 0.3) is 11.1 Å². The molecule has 2 aromatic carbocycles. The molecular weight excluding hydrogens is 300 g/mol. The fourth-order valence-corrected chi connectivity index (χ4v) is 6.68. The molecule has 1 nitrogen and oxygen atoms in total. The molecule has 2 atom stereocenters. The van der Waals surface area contributed by atoms with E-state index >= 15 is 0 Å². The van der Waals surface area contributed by atoms with Crippen molar-refractivity contribution in [1.29, 1.82) is 0 Å². The fraction of sp³-hybridized carbons (Fsp3) is 0.429. The first-order chi connectivity index (χ1) is 11.2. The van der Waals surface area contributed by atoms with E-state index in [1.807, 2.05) is 0 Å². The maximum atomic E-state index is 11.4. The Morgan fingerprint density at radius 3 is 2.48 bits per heavy atom. The summed E-state index contributed by atoms with van der Waals surface area (Å²) < 4.78 is 0. The van der Waals surface area contributed by atoms with Gasteiger partial charge in [-0.25, -0.2) is 0 Å². The van der Waals surface area contributed by atoms with Gasteiger partial charge in [0.2, 0.25) is 0 Å². The highest BCUT2D eigenvalue weighted by molar-refractivity contribution is 8.00. The minimum absolute atomic E-state index is 0.606. The lowest BCUT2D eigenvalue weighted by Crippen LogP contribution is -2.40. The molecule has 2 heterocycles. The summed E-state index contributed by atoms with van der Waals surface area (Å²) in [5, 5.41) is 12.7. The van der Waals surface area contributed by atoms with Crippen molar-refractivity contribution in [3.05, 3.63) is 59.2 Å². The lowest BCUT2D eigenvalue weighted by molar-refractivity contribution is 0.00809. The smallest absolute Gasteiger partial charge is 0.0917 e. The van der Waals surface area contributed by atoms with E-state index in [-0.39, 0.29) is 0 Å². The van der Waals surface area contributed by atoms with Crippen LogP contribution in [0.2, 0.25) is 0 Å². The van der Waals surface area contributed by atoms with Crippen LogP contribution >= 0.6 is 11.8 Å². The highest BCUT2D eigenvalue weighted by Gasteiger charge is 2.42. The molecule has 118 valence electrons. The van der Waals surface area contributed by atoms with Crippen molar-refractivity contribution in [3.8, 4) is 11.1 Å². The molecule has 2 aliphatic heterocycles. The Balaban J connectivity index is 1.52. The van der Waals surface area contributed by atoms with Crippen molar-refractivity contribution < 1.29 is 5.11 Å². The van der Waals surface area contributed by atoms with Crippen molar-refractivity contribution in [2.75, 3.05) is 0 Å². The number of hydrogen-bond acceptors (Lipinski definition) is 2. The Morgan fingerprint density at radius 1 is 0.913 bits per heavy atom. The lowest BCUT2D eigenvalue weighted by Gasteiger charge is -2.44. The van der Waals surface area contributed by atoms with Crippen LogP contribution in [0.1, 0.15) is 48.8 Å². The van der Waals surface area contributed by atoms with Crippen LogP contribution in [0.3, 0.4) is 0 Å². The predicted molar refractivity (Wildman–Crippen MR) is 96.8 cm³/mol. The first kappa shape index (κ1) is 14.1. The van der Waals surface area contributed by atoms with Gasteiger partial charge in [-0.2, -0.15) is 11.8 Å². The minimum atomic E-state index is -0.606. The molecule has 5 rings (SSSR count). The van der Waals surface area contributed by atoms with Gasteiger partial charge in [0.15, 0.2) is 0 Å². The minimum Gasteiger partial charge on any atom is -0.385 e. The molecule has 3 aliphatic rings. The van der Waals surface area contributed by atoms with Crippen LogP contribution in [0.15, 0.2) is 42.5 Å². The van der Waals surface area contributed by atoms with Crippen LogP contribution in [0.5, 0.6) is 0 Å². The molecule has 0 aromatic heterocycles. The van der Waals surface area contributed by atoms with Crippen molar-refractivity contribution in [2.24, 2.45) is 0 Å². The normalized spacial score (nSPS) is 31.5. The summed E-state index contributed by atoms with van der Waals surface area (Å²) >= 11 is 2.13. The van der Waals surface area contributed by atoms with Crippen LogP contribution in [0.4, 0.5) is 0 Å². The second-order valence-corrected chi connectivity index (χ2v) is 9.06. The number of benzene rings is 2. The molecule has 2 unspecified atom stereocenters. The standard InChI is InChI=1S/C21H22OS/c22-21(12-17-5-3-6-18(13-21)23-17)16-8-9-20-15(11-16)10-14-4-1-2-7-19(14)20/h1-2,4,7-9,11,17-18,22H,3,5-6,10,12-13H2. The Bertz CT molecular complexity index is 754. The average Bonchev–Trinajstić information content (AvgIpc) is 2.92. The van der Waals surface area contributed by atoms with Crippen molar-refractivity contribution >= 4 is 11.8 Å². The summed E-state index contributed by atoms with van der Waals surface area (Å²) in [5.74, 6) is 0. The number of hydrogen-bond donors (Lipinski definition) is 1. The van der Waals surface area contributed by atoms with Gasteiger partial charge in [0.25, 0.3) is 0 Å². The molecular formula is C21H22OS. The van der Waals surface area contributed by atoms with E-state index in [4.69, 9.17) is 0 Å². The molecule has 0 amide bonds. The largest absolute Gasteiger partial charge is 0.385 e. The molecule has 0 radical (unpaired) electrons. The predicted octanol–water partition coefficient (Wildman–Crippen LogP) is 4.89. The summed E-state index contributed by atoms with van der Waals surface area (Å²) in [4.78, 5) is 0. The molecule has 0 saturated carbocycles. The Hall–Kier alpha value is -1.25. The quantitative estimate of drug-likeness (QED) is 0.688. The van der Waals surface area contributed by atoms with E-state index < -0.39 is 5.60 Å². The van der Waals surface area contributed by atoms with E-state index in [9.17, 15) is 5.11 Å². The van der Waals surface area contributed by atoms with E-state index in [2.05, 4.69) is 54.2 Å². The molecule has 23 heavy (non-hydrogen) atoms. The molecule has 1 aliphatic carbocycles. The van der Waals surface area contributed by atoms with Gasteiger partial charge in [-0.15, -0.1) is 0 Å². The summed E-state index contributed by atoms with van der Waals surface area (Å²) in [5.41, 5.74) is 6.09. The maximum absolute atomic E-state index is 11.4. The zero-order valence-corrected chi connectivity index (χ0v) is 14.1. The first-order valence-electron chi connectivity index (χ1n) is 8.81. The van der Waals surface area contributed by atoms with Crippen LogP contribution in [-0.4, -0.2) is 15.6 Å². The van der Waals surface area contributed by atoms with Gasteiger partial charge in [-0.1, -0.05) is 48.9 Å². The third kappa shape index (κ3) is 2.27. The zero-order chi connectivity index (χ0) is 15.4. The maximum Gasteiger partial charge on any atom is 0.0917 e. The highest BCUT2D eigenvalue weighted by atomic mass is 32.2. The van der Waals surface area contributed by atoms with Crippen LogP contribution in [-0.2, 0) is 12.0 Å². The van der Waals surface area contributed by atoms with E-state index in [0.717, 1.165) is 24.8 Å². The highest BCUT2D eigenvalue weighted by Crippen LogP contribution is 2.50. The third-order valence-corrected chi connectivity index (χ3v) is 7.47. The number of rotatable bonds is 1. The monoisotopic (exact) mass is 322 g/mol. The second kappa shape index (κ2) is 5.12. The van der Waals surface area contributed by atoms with E-state index in [1.165, 1.54) is 41.5 Å². The van der Waals surface area contributed by atoms with E-state index in [0.29, 0.717) is 10.5 Å². The number of thioether (sulfide) groups is 1. The first-order valence-corrected chi connectivity index (χ1v) is 9.75. The lowest BCUT2D eigenvalue weighted by atomic mass is 9.79. The summed E-state index contributed by atoms with van der Waals surface area (Å²) in [6.07, 6.45) is 6.77. The fourth-order valence-electron chi connectivity index (χ4n) is 4.79. The second-order valence-electron chi connectivity index (χ2n) is 7.46. The Kier molecular flexibility index (Phi) is 3.15. The summed E-state index contributed by atoms with van der Waals surface area (Å²) in [6, 6.07) is 15.4.